The first-order chi connectivity index (χ1) is 20.1. The zero-order chi connectivity index (χ0) is 28.4. The molecule has 204 valence electrons. The molecule has 9 nitrogen and oxygen atoms in total. The van der Waals surface area contributed by atoms with Crippen LogP contribution in [0, 0.1) is 0 Å². The second-order valence-corrected chi connectivity index (χ2v) is 9.17. The first-order valence-corrected chi connectivity index (χ1v) is 13.0. The summed E-state index contributed by atoms with van der Waals surface area (Å²) in [7, 11) is 0. The van der Waals surface area contributed by atoms with Gasteiger partial charge in [0.25, 0.3) is 5.91 Å². The molecule has 0 radical (unpaired) electrons. The van der Waals surface area contributed by atoms with Crippen molar-refractivity contribution >= 4 is 23.5 Å². The number of nitrogens with one attached hydrogen (secondary N) is 2. The zero-order valence-corrected chi connectivity index (χ0v) is 22.2. The van der Waals surface area contributed by atoms with E-state index in [0.29, 0.717) is 24.3 Å². The second kappa shape index (κ2) is 13.0. The molecule has 0 saturated carbocycles. The number of nitrogens with two attached hydrogens (primary N) is 1. The molecule has 0 aliphatic heterocycles. The zero-order valence-electron chi connectivity index (χ0n) is 22.2. The summed E-state index contributed by atoms with van der Waals surface area (Å²) in [4.78, 5) is 38.0. The van der Waals surface area contributed by atoms with Crippen LogP contribution in [0.2, 0.25) is 0 Å². The van der Waals surface area contributed by atoms with E-state index >= 15 is 0 Å². The highest BCUT2D eigenvalue weighted by atomic mass is 16.5. The van der Waals surface area contributed by atoms with Gasteiger partial charge in [-0.2, -0.15) is 0 Å². The van der Waals surface area contributed by atoms with Crippen LogP contribution in [0.15, 0.2) is 110 Å². The van der Waals surface area contributed by atoms with Gasteiger partial charge in [-0.3, -0.25) is 9.78 Å². The number of nitrogens with zero attached hydrogens (tertiary/aromatic N) is 3. The number of rotatable bonds is 9. The van der Waals surface area contributed by atoms with Crippen molar-refractivity contribution in [3.63, 3.8) is 0 Å². The summed E-state index contributed by atoms with van der Waals surface area (Å²) in [5.74, 6) is -0.456. The van der Waals surface area contributed by atoms with Crippen molar-refractivity contribution in [3.8, 4) is 22.4 Å². The normalized spacial score (nSPS) is 10.5. The van der Waals surface area contributed by atoms with E-state index in [1.54, 1.807) is 12.4 Å². The Labute approximate surface area is 237 Å². The van der Waals surface area contributed by atoms with Gasteiger partial charge in [-0.1, -0.05) is 84.9 Å². The van der Waals surface area contributed by atoms with Crippen molar-refractivity contribution in [2.75, 3.05) is 17.6 Å². The molecule has 2 aromatic heterocycles. The van der Waals surface area contributed by atoms with Crippen LogP contribution in [0.4, 0.5) is 16.3 Å². The van der Waals surface area contributed by atoms with Gasteiger partial charge in [0.05, 0.1) is 23.8 Å². The molecule has 0 aliphatic carbocycles. The number of nitrogen functional groups attached to an aromatic ring is 1. The highest BCUT2D eigenvalue weighted by molar-refractivity contribution is 6.07. The van der Waals surface area contributed by atoms with Crippen LogP contribution >= 0.6 is 0 Å². The van der Waals surface area contributed by atoms with Crippen LogP contribution in [0.3, 0.4) is 0 Å². The monoisotopic (exact) mass is 544 g/mol. The van der Waals surface area contributed by atoms with Crippen molar-refractivity contribution in [2.24, 2.45) is 0 Å². The van der Waals surface area contributed by atoms with E-state index in [1.807, 2.05) is 91.0 Å². The largest absolute Gasteiger partial charge is 0.445 e. The van der Waals surface area contributed by atoms with Crippen LogP contribution < -0.4 is 16.4 Å². The number of anilines is 2. The summed E-state index contributed by atoms with van der Waals surface area (Å²) in [6.07, 6.45) is 4.95. The number of carbonyl (C=O) groups excluding carboxylic acids is 2. The highest BCUT2D eigenvalue weighted by Gasteiger charge is 2.17. The van der Waals surface area contributed by atoms with Crippen LogP contribution in [-0.4, -0.2) is 33.5 Å². The number of benzene rings is 3. The molecule has 5 aromatic rings. The standard InChI is InChI=1S/C32H28N6O3/c33-30-29(31(39)38-28-19-34-17-16-26(28)24-9-5-2-6-10-24)37-27(20-36-30)25-13-11-22(12-14-25)15-18-35-32(40)41-21-23-7-3-1-4-8-23/h1-14,16-17,19-20H,15,18,21H2,(H2,33,36)(H,35,40)(H,38,39). The SMILES string of the molecule is Nc1ncc(-c2ccc(CCNC(=O)OCc3ccccc3)cc2)nc1C(=O)Nc1cnccc1-c1ccccc1. The van der Waals surface area contributed by atoms with Gasteiger partial charge in [0, 0.05) is 23.9 Å². The van der Waals surface area contributed by atoms with E-state index in [0.717, 1.165) is 27.8 Å². The van der Waals surface area contributed by atoms with Crippen molar-refractivity contribution in [1.82, 2.24) is 20.3 Å². The molecular formula is C32H28N6O3. The van der Waals surface area contributed by atoms with E-state index in [2.05, 4.69) is 25.6 Å². The third-order valence-corrected chi connectivity index (χ3v) is 6.32. The quantitative estimate of drug-likeness (QED) is 0.223. The Hall–Kier alpha value is -5.57. The van der Waals surface area contributed by atoms with Crippen LogP contribution in [-0.2, 0) is 17.8 Å². The fourth-order valence-electron chi connectivity index (χ4n) is 4.17. The number of alkyl carbamates (subject to hydrolysis) is 1. The Balaban J connectivity index is 1.20. The van der Waals surface area contributed by atoms with Crippen LogP contribution in [0.1, 0.15) is 21.6 Å². The number of pyridine rings is 1. The molecule has 4 N–H and O–H groups in total. The van der Waals surface area contributed by atoms with Gasteiger partial charge in [-0.15, -0.1) is 0 Å². The summed E-state index contributed by atoms with van der Waals surface area (Å²) < 4.78 is 5.24. The lowest BCUT2D eigenvalue weighted by molar-refractivity contribution is 0.102. The number of amides is 2. The maximum absolute atomic E-state index is 13.2. The molecule has 41 heavy (non-hydrogen) atoms. The summed E-state index contributed by atoms with van der Waals surface area (Å²) >= 11 is 0. The molecule has 3 aromatic carbocycles. The predicted octanol–water partition coefficient (Wildman–Crippen LogP) is 5.51. The van der Waals surface area contributed by atoms with Gasteiger partial charge in [-0.25, -0.2) is 14.8 Å². The highest BCUT2D eigenvalue weighted by Crippen LogP contribution is 2.27. The average molecular weight is 545 g/mol. The molecule has 0 saturated heterocycles. The number of hydrogen-bond donors (Lipinski definition) is 3. The summed E-state index contributed by atoms with van der Waals surface area (Å²) in [5, 5.41) is 5.64. The van der Waals surface area contributed by atoms with Crippen LogP contribution in [0.5, 0.6) is 0 Å². The van der Waals surface area contributed by atoms with Crippen molar-refractivity contribution < 1.29 is 14.3 Å². The molecular weight excluding hydrogens is 516 g/mol. The van der Waals surface area contributed by atoms with E-state index in [-0.39, 0.29) is 18.1 Å². The Morgan fingerprint density at radius 2 is 1.54 bits per heavy atom. The lowest BCUT2D eigenvalue weighted by atomic mass is 10.1. The smallest absolute Gasteiger partial charge is 0.407 e. The first kappa shape index (κ1) is 27.0. The van der Waals surface area contributed by atoms with Crippen molar-refractivity contribution in [1.29, 1.82) is 0 Å². The van der Waals surface area contributed by atoms with Gasteiger partial charge in [-0.05, 0) is 29.2 Å². The Kier molecular flexibility index (Phi) is 8.56. The van der Waals surface area contributed by atoms with Gasteiger partial charge in [0.15, 0.2) is 11.5 Å². The van der Waals surface area contributed by atoms with Gasteiger partial charge >= 0.3 is 6.09 Å². The molecule has 2 heterocycles. The lowest BCUT2D eigenvalue weighted by Gasteiger charge is -2.12. The maximum atomic E-state index is 13.2. The summed E-state index contributed by atoms with van der Waals surface area (Å²) in [6.45, 7) is 0.651. The molecule has 2 amide bonds. The molecule has 0 atom stereocenters. The van der Waals surface area contributed by atoms with E-state index in [9.17, 15) is 9.59 Å². The fraction of sp³-hybridized carbons (Fsp3) is 0.0938. The van der Waals surface area contributed by atoms with Crippen molar-refractivity contribution in [2.45, 2.75) is 13.0 Å². The molecule has 0 fully saturated rings. The number of hydrogen-bond acceptors (Lipinski definition) is 7. The maximum Gasteiger partial charge on any atom is 0.407 e. The van der Waals surface area contributed by atoms with Crippen LogP contribution in [0.25, 0.3) is 22.4 Å². The second-order valence-electron chi connectivity index (χ2n) is 9.17. The van der Waals surface area contributed by atoms with Crippen molar-refractivity contribution in [3.05, 3.63) is 126 Å². The molecule has 5 rings (SSSR count). The van der Waals surface area contributed by atoms with E-state index in [1.165, 1.54) is 6.20 Å². The minimum atomic E-state index is -0.483. The van der Waals surface area contributed by atoms with E-state index in [4.69, 9.17) is 10.5 Å². The Morgan fingerprint density at radius 3 is 2.29 bits per heavy atom. The molecule has 0 spiro atoms. The minimum absolute atomic E-state index is 0.0210. The summed E-state index contributed by atoms with van der Waals surface area (Å²) in [5.41, 5.74) is 11.6. The summed E-state index contributed by atoms with van der Waals surface area (Å²) in [6, 6.07) is 28.7. The average Bonchev–Trinajstić information content (AvgIpc) is 3.02. The molecule has 9 heteroatoms. The minimum Gasteiger partial charge on any atom is -0.445 e. The Bertz CT molecular complexity index is 1630. The third kappa shape index (κ3) is 7.10. The fourth-order valence-corrected chi connectivity index (χ4v) is 4.17. The molecule has 0 unspecified atom stereocenters. The van der Waals surface area contributed by atoms with E-state index < -0.39 is 12.0 Å². The van der Waals surface area contributed by atoms with Gasteiger partial charge in [0.1, 0.15) is 6.61 Å². The first-order valence-electron chi connectivity index (χ1n) is 13.0. The topological polar surface area (TPSA) is 132 Å². The predicted molar refractivity (Wildman–Crippen MR) is 158 cm³/mol. The van der Waals surface area contributed by atoms with Gasteiger partial charge in [0.2, 0.25) is 0 Å². The molecule has 0 bridgehead atoms. The van der Waals surface area contributed by atoms with Gasteiger partial charge < -0.3 is 21.1 Å². The number of carbonyl (C=O) groups is 2. The molecule has 0 aliphatic rings. The Morgan fingerprint density at radius 1 is 0.805 bits per heavy atom. The third-order valence-electron chi connectivity index (χ3n) is 6.32. The number of aromatic nitrogens is 3. The number of ether oxygens (including phenoxy) is 1. The lowest BCUT2D eigenvalue weighted by Crippen LogP contribution is -2.26.